The lowest BCUT2D eigenvalue weighted by molar-refractivity contribution is 0.0902. The maximum atomic E-state index is 13.1. The molecule has 0 aliphatic heterocycles. The summed E-state index contributed by atoms with van der Waals surface area (Å²) in [6, 6.07) is 5.36. The molecule has 0 saturated heterocycles. The molecule has 14 heteroatoms. The molecular weight excluding hydrogens is 620 g/mol. The second-order valence-electron chi connectivity index (χ2n) is 9.49. The first-order valence-corrected chi connectivity index (χ1v) is 13.5. The quantitative estimate of drug-likeness (QED) is 0.179. The number of aromatic amines is 2. The molecule has 38 heavy (non-hydrogen) atoms. The lowest BCUT2D eigenvalue weighted by atomic mass is 9.71. The molecule has 0 spiro atoms. The van der Waals surface area contributed by atoms with Crippen molar-refractivity contribution < 1.29 is 9.59 Å². The number of imidazole rings is 2. The number of H-pyrrole nitrogens is 2. The van der Waals surface area contributed by atoms with Crippen molar-refractivity contribution in [2.45, 2.75) is 12.3 Å². The molecule has 200 valence electrons. The summed E-state index contributed by atoms with van der Waals surface area (Å²) in [6.45, 7) is 0.698. The first kappa shape index (κ1) is 26.1. The zero-order valence-corrected chi connectivity index (χ0v) is 23.9. The van der Waals surface area contributed by atoms with Gasteiger partial charge >= 0.3 is 0 Å². The number of nitrogens with one attached hydrogen (secondary N) is 4. The largest absolute Gasteiger partial charge is 0.369 e. The molecule has 3 unspecified atom stereocenters. The number of nitrogens with two attached hydrogens (primary N) is 2. The fourth-order valence-corrected chi connectivity index (χ4v) is 6.07. The average molecular weight is 648 g/mol. The van der Waals surface area contributed by atoms with Crippen LogP contribution >= 0.6 is 31.9 Å². The van der Waals surface area contributed by atoms with Gasteiger partial charge in [-0.1, -0.05) is 0 Å². The summed E-state index contributed by atoms with van der Waals surface area (Å²) in [5, 5.41) is 6.17. The Kier molecular flexibility index (Phi) is 7.09. The smallest absolute Gasteiger partial charge is 0.267 e. The molecule has 3 atom stereocenters. The summed E-state index contributed by atoms with van der Waals surface area (Å²) in [6.07, 6.45) is 4.10. The van der Waals surface area contributed by atoms with Crippen LogP contribution in [0.3, 0.4) is 0 Å². The Hall–Kier alpha value is -3.52. The van der Waals surface area contributed by atoms with Gasteiger partial charge in [0.05, 0.1) is 16.5 Å². The molecule has 0 bridgehead atoms. The van der Waals surface area contributed by atoms with Crippen LogP contribution in [0.15, 0.2) is 39.7 Å². The molecule has 5 rings (SSSR count). The highest BCUT2D eigenvalue weighted by molar-refractivity contribution is 9.10. The van der Waals surface area contributed by atoms with Crippen molar-refractivity contribution in [3.05, 3.63) is 68.1 Å². The Bertz CT molecular complexity index is 1500. The molecule has 0 radical (unpaired) electrons. The van der Waals surface area contributed by atoms with Crippen molar-refractivity contribution in [3.63, 3.8) is 0 Å². The number of hydrogen-bond donors (Lipinski definition) is 6. The zero-order valence-electron chi connectivity index (χ0n) is 20.8. The van der Waals surface area contributed by atoms with E-state index in [1.807, 2.05) is 26.4 Å². The van der Waals surface area contributed by atoms with Crippen LogP contribution in [-0.4, -0.2) is 54.0 Å². The van der Waals surface area contributed by atoms with Crippen LogP contribution in [0.25, 0.3) is 0 Å². The van der Waals surface area contributed by atoms with E-state index in [4.69, 9.17) is 11.5 Å². The van der Waals surface area contributed by atoms with Gasteiger partial charge in [-0.3, -0.25) is 9.59 Å². The van der Waals surface area contributed by atoms with E-state index in [0.717, 1.165) is 26.2 Å². The molecule has 0 aromatic carbocycles. The van der Waals surface area contributed by atoms with E-state index in [0.29, 0.717) is 36.8 Å². The van der Waals surface area contributed by atoms with E-state index in [2.05, 4.69) is 62.4 Å². The number of carbonyl (C=O) groups excluding carboxylic acids is 2. The number of amides is 2. The highest BCUT2D eigenvalue weighted by Crippen LogP contribution is 2.42. The molecule has 0 fully saturated rings. The number of fused-ring (bicyclic) bond motifs is 1. The van der Waals surface area contributed by atoms with Crippen molar-refractivity contribution in [1.29, 1.82) is 0 Å². The highest BCUT2D eigenvalue weighted by atomic mass is 79.9. The predicted molar refractivity (Wildman–Crippen MR) is 149 cm³/mol. The standard InChI is InChI=1S/C24H28Br2N10O2/c1-35-10-12(25)6-17(35)22(38)30-8-13-11(7-29-21(37)16-3-4-18(26)36(16)2)5-14-20(34-24(28)32-14)19(13)15-9-31-23(27)33-15/h3-4,6,9-11,13,19H,5,7-8H2,1-2H3,(H,29,37)(H,30,38)(H3,27,31,33)(H3,28,32,34). The van der Waals surface area contributed by atoms with Gasteiger partial charge in [0.2, 0.25) is 0 Å². The Balaban J connectivity index is 1.45. The third-order valence-electron chi connectivity index (χ3n) is 7.09. The van der Waals surface area contributed by atoms with Crippen molar-refractivity contribution in [3.8, 4) is 0 Å². The van der Waals surface area contributed by atoms with E-state index in [9.17, 15) is 9.59 Å². The van der Waals surface area contributed by atoms with Crippen LogP contribution in [0.1, 0.15) is 44.0 Å². The van der Waals surface area contributed by atoms with Gasteiger partial charge in [0.25, 0.3) is 11.8 Å². The summed E-state index contributed by atoms with van der Waals surface area (Å²) >= 11 is 6.85. The molecular formula is C24H28Br2N10O2. The van der Waals surface area contributed by atoms with Gasteiger partial charge in [0.1, 0.15) is 11.4 Å². The molecule has 1 aliphatic rings. The van der Waals surface area contributed by atoms with E-state index >= 15 is 0 Å². The third-order valence-corrected chi connectivity index (χ3v) is 8.32. The number of nitrogen functional groups attached to an aromatic ring is 2. The lowest BCUT2D eigenvalue weighted by Crippen LogP contribution is -2.44. The first-order chi connectivity index (χ1) is 18.1. The molecule has 1 aliphatic carbocycles. The monoisotopic (exact) mass is 646 g/mol. The summed E-state index contributed by atoms with van der Waals surface area (Å²) < 4.78 is 5.16. The van der Waals surface area contributed by atoms with Gasteiger partial charge in [0, 0.05) is 55.2 Å². The van der Waals surface area contributed by atoms with E-state index in [1.165, 1.54) is 0 Å². The molecule has 2 amide bonds. The van der Waals surface area contributed by atoms with Crippen molar-refractivity contribution in [2.24, 2.45) is 25.9 Å². The fraction of sp³-hybridized carbons (Fsp3) is 0.333. The molecule has 0 saturated carbocycles. The van der Waals surface area contributed by atoms with Gasteiger partial charge < -0.3 is 41.2 Å². The lowest BCUT2D eigenvalue weighted by Gasteiger charge is -2.37. The highest BCUT2D eigenvalue weighted by Gasteiger charge is 2.41. The minimum atomic E-state index is -0.288. The molecule has 8 N–H and O–H groups in total. The van der Waals surface area contributed by atoms with Crippen LogP contribution in [0, 0.1) is 11.8 Å². The first-order valence-electron chi connectivity index (χ1n) is 12.0. The van der Waals surface area contributed by atoms with Crippen molar-refractivity contribution >= 4 is 55.6 Å². The van der Waals surface area contributed by atoms with Gasteiger partial charge in [-0.25, -0.2) is 9.97 Å². The van der Waals surface area contributed by atoms with Crippen LogP contribution < -0.4 is 22.1 Å². The number of anilines is 2. The maximum Gasteiger partial charge on any atom is 0.267 e. The molecule has 4 heterocycles. The Morgan fingerprint density at radius 2 is 1.82 bits per heavy atom. The second-order valence-corrected chi connectivity index (χ2v) is 11.2. The van der Waals surface area contributed by atoms with Crippen LogP contribution in [0.4, 0.5) is 11.9 Å². The van der Waals surface area contributed by atoms with Gasteiger partial charge in [-0.2, -0.15) is 0 Å². The zero-order chi connectivity index (χ0) is 27.1. The minimum absolute atomic E-state index is 0.0648. The van der Waals surface area contributed by atoms with Crippen LogP contribution in [-0.2, 0) is 20.5 Å². The van der Waals surface area contributed by atoms with Crippen LogP contribution in [0.5, 0.6) is 0 Å². The normalized spacial score (nSPS) is 18.8. The summed E-state index contributed by atoms with van der Waals surface area (Å²) in [5.41, 5.74) is 15.5. The SMILES string of the molecule is Cn1cc(Br)cc1C(=O)NCC1C(CNC(=O)c2ccc(Br)n2C)Cc2[nH]c(N)nc2C1c1cnc(N)[nH]1. The Morgan fingerprint density at radius 3 is 2.45 bits per heavy atom. The van der Waals surface area contributed by atoms with Gasteiger partial charge in [-0.15, -0.1) is 0 Å². The number of hydrogen-bond acceptors (Lipinski definition) is 6. The van der Waals surface area contributed by atoms with E-state index in [-0.39, 0.29) is 35.5 Å². The van der Waals surface area contributed by atoms with E-state index < -0.39 is 0 Å². The summed E-state index contributed by atoms with van der Waals surface area (Å²) in [5.74, 6) is -0.308. The minimum Gasteiger partial charge on any atom is -0.369 e. The van der Waals surface area contributed by atoms with Gasteiger partial charge in [-0.05, 0) is 68.3 Å². The third kappa shape index (κ3) is 4.97. The van der Waals surface area contributed by atoms with Crippen LogP contribution in [0.2, 0.25) is 0 Å². The number of aromatic nitrogens is 6. The van der Waals surface area contributed by atoms with Crippen molar-refractivity contribution in [1.82, 2.24) is 39.7 Å². The molecule has 4 aromatic heterocycles. The van der Waals surface area contributed by atoms with Crippen molar-refractivity contribution in [2.75, 3.05) is 24.6 Å². The number of carbonyl (C=O) groups is 2. The summed E-state index contributed by atoms with van der Waals surface area (Å²) in [7, 11) is 3.63. The topological polar surface area (TPSA) is 177 Å². The Labute approximate surface area is 235 Å². The molecule has 12 nitrogen and oxygen atoms in total. The number of aryl methyl sites for hydroxylation is 1. The maximum absolute atomic E-state index is 13.1. The number of nitrogens with zero attached hydrogens (tertiary/aromatic N) is 4. The number of halogens is 2. The Morgan fingerprint density at radius 1 is 1.08 bits per heavy atom. The average Bonchev–Trinajstić information content (AvgIpc) is 3.63. The second kappa shape index (κ2) is 10.3. The fourth-order valence-electron chi connectivity index (χ4n) is 5.22. The number of rotatable bonds is 7. The summed E-state index contributed by atoms with van der Waals surface area (Å²) in [4.78, 5) is 41.2. The van der Waals surface area contributed by atoms with E-state index in [1.54, 1.807) is 27.5 Å². The predicted octanol–water partition coefficient (Wildman–Crippen LogP) is 2.28. The van der Waals surface area contributed by atoms with Gasteiger partial charge in [0.15, 0.2) is 11.9 Å². The molecule has 4 aromatic rings.